The maximum Gasteiger partial charge on any atom is 0.310 e. The van der Waals surface area contributed by atoms with E-state index >= 15 is 4.39 Å². The van der Waals surface area contributed by atoms with Gasteiger partial charge in [-0.2, -0.15) is 0 Å². The highest BCUT2D eigenvalue weighted by Crippen LogP contribution is 2.61. The highest BCUT2D eigenvalue weighted by Gasteiger charge is 2.60. The Hall–Kier alpha value is -0.670. The van der Waals surface area contributed by atoms with Crippen LogP contribution in [0, 0.1) is 40.4 Å². The molecule has 4 heteroatoms. The number of hydrogen-bond donors (Lipinski definition) is 1. The molecule has 0 aliphatic heterocycles. The highest BCUT2D eigenvalue weighted by atomic mass is 19.1. The van der Waals surface area contributed by atoms with Crippen LogP contribution in [0.4, 0.5) is 8.78 Å². The Morgan fingerprint density at radius 3 is 1.94 bits per heavy atom. The normalized spacial score (nSPS) is 40.5. The minimum atomic E-state index is -1.20. The first kappa shape index (κ1) is 28.9. The summed E-state index contributed by atoms with van der Waals surface area (Å²) in [5, 5.41) is 10.2. The molecule has 3 aliphatic rings. The van der Waals surface area contributed by atoms with Crippen LogP contribution in [0.15, 0.2) is 0 Å². The monoisotopic (exact) mass is 496 g/mol. The Labute approximate surface area is 214 Å². The molecule has 204 valence electrons. The number of carbonyl (C=O) groups is 1. The molecule has 0 saturated heterocycles. The number of rotatable bonds is 12. The lowest BCUT2D eigenvalue weighted by Gasteiger charge is -2.56. The van der Waals surface area contributed by atoms with Gasteiger partial charge in [0.2, 0.25) is 0 Å². The van der Waals surface area contributed by atoms with Crippen molar-refractivity contribution < 1.29 is 18.7 Å². The molecule has 4 unspecified atom stereocenters. The highest BCUT2D eigenvalue weighted by molar-refractivity contribution is 5.75. The Kier molecular flexibility index (Phi) is 10.9. The molecule has 3 fully saturated rings. The van der Waals surface area contributed by atoms with Gasteiger partial charge in [-0.3, -0.25) is 9.18 Å². The summed E-state index contributed by atoms with van der Waals surface area (Å²) < 4.78 is 30.3. The molecule has 1 N–H and O–H groups in total. The Balaban J connectivity index is 1.69. The van der Waals surface area contributed by atoms with Crippen LogP contribution in [-0.4, -0.2) is 23.9 Å². The van der Waals surface area contributed by atoms with Crippen LogP contribution in [0.5, 0.6) is 0 Å². The molecule has 2 nitrogen and oxygen atoms in total. The van der Waals surface area contributed by atoms with Gasteiger partial charge in [0.05, 0.1) is 12.1 Å². The molecule has 0 spiro atoms. The number of aliphatic carboxylic acids is 1. The lowest BCUT2D eigenvalue weighted by molar-refractivity contribution is -0.174. The summed E-state index contributed by atoms with van der Waals surface area (Å²) in [6.07, 6.45) is 17.1. The van der Waals surface area contributed by atoms with Gasteiger partial charge in [-0.15, -0.1) is 0 Å². The third-order valence-electron chi connectivity index (χ3n) is 11.0. The fraction of sp³-hybridized carbons (Fsp3) is 0.968. The van der Waals surface area contributed by atoms with Gasteiger partial charge >= 0.3 is 5.97 Å². The second-order valence-corrected chi connectivity index (χ2v) is 12.7. The van der Waals surface area contributed by atoms with Crippen molar-refractivity contribution in [2.24, 2.45) is 40.4 Å². The van der Waals surface area contributed by atoms with Crippen LogP contribution in [0.3, 0.4) is 0 Å². The molecule has 0 amide bonds. The number of alkyl halides is 2. The van der Waals surface area contributed by atoms with Crippen molar-refractivity contribution in [3.63, 3.8) is 0 Å². The van der Waals surface area contributed by atoms with Gasteiger partial charge in [0.15, 0.2) is 0 Å². The molecule has 0 aromatic carbocycles. The van der Waals surface area contributed by atoms with E-state index in [1.165, 1.54) is 57.8 Å². The summed E-state index contributed by atoms with van der Waals surface area (Å²) in [5.74, 6) is 1.32. The van der Waals surface area contributed by atoms with Crippen LogP contribution in [0.1, 0.15) is 136 Å². The first-order valence-corrected chi connectivity index (χ1v) is 15.3. The number of carboxylic acid groups (broad SMARTS) is 1. The van der Waals surface area contributed by atoms with Crippen molar-refractivity contribution in [2.75, 3.05) is 6.67 Å². The number of halogens is 2. The van der Waals surface area contributed by atoms with Crippen LogP contribution in [0.25, 0.3) is 0 Å². The maximum atomic E-state index is 16.7. The molecule has 0 radical (unpaired) electrons. The molecule has 3 aliphatic carbocycles. The molecule has 35 heavy (non-hydrogen) atoms. The van der Waals surface area contributed by atoms with E-state index < -0.39 is 35.6 Å². The SMILES string of the molecule is CCCCC1CCC(C2CCC(C3(CCC)CCC(CCC)(C(=O)O)C(CCF)C3F)CC2)CC1. The van der Waals surface area contributed by atoms with E-state index in [0.29, 0.717) is 31.6 Å². The first-order valence-electron chi connectivity index (χ1n) is 15.3. The number of hydrogen-bond acceptors (Lipinski definition) is 1. The van der Waals surface area contributed by atoms with Crippen molar-refractivity contribution in [2.45, 2.75) is 143 Å². The minimum Gasteiger partial charge on any atom is -0.481 e. The zero-order valence-electron chi connectivity index (χ0n) is 23.0. The van der Waals surface area contributed by atoms with Crippen LogP contribution < -0.4 is 0 Å². The van der Waals surface area contributed by atoms with E-state index in [4.69, 9.17) is 0 Å². The summed E-state index contributed by atoms with van der Waals surface area (Å²) in [6.45, 7) is 5.76. The van der Waals surface area contributed by atoms with Gasteiger partial charge in [0.1, 0.15) is 6.17 Å². The average Bonchev–Trinajstić information content (AvgIpc) is 2.87. The second-order valence-electron chi connectivity index (χ2n) is 12.7. The Morgan fingerprint density at radius 1 is 0.829 bits per heavy atom. The fourth-order valence-electron chi connectivity index (χ4n) is 9.10. The summed E-state index contributed by atoms with van der Waals surface area (Å²) in [7, 11) is 0. The molecule has 0 aromatic heterocycles. The Bertz CT molecular complexity index is 638. The molecule has 0 heterocycles. The van der Waals surface area contributed by atoms with Crippen molar-refractivity contribution in [1.29, 1.82) is 0 Å². The predicted octanol–water partition coefficient (Wildman–Crippen LogP) is 9.55. The quantitative estimate of drug-likeness (QED) is 0.292. The zero-order chi connectivity index (χ0) is 25.5. The summed E-state index contributed by atoms with van der Waals surface area (Å²) in [6, 6.07) is 0. The molecule has 0 bridgehead atoms. The van der Waals surface area contributed by atoms with Gasteiger partial charge in [0, 0.05) is 11.3 Å². The maximum absolute atomic E-state index is 16.7. The van der Waals surface area contributed by atoms with Gasteiger partial charge in [0.25, 0.3) is 0 Å². The molecular weight excluding hydrogens is 442 g/mol. The summed E-state index contributed by atoms with van der Waals surface area (Å²) in [4.78, 5) is 12.5. The van der Waals surface area contributed by atoms with Crippen LogP contribution in [-0.2, 0) is 4.79 Å². The Morgan fingerprint density at radius 2 is 1.43 bits per heavy atom. The minimum absolute atomic E-state index is 0.0511. The summed E-state index contributed by atoms with van der Waals surface area (Å²) >= 11 is 0. The predicted molar refractivity (Wildman–Crippen MR) is 141 cm³/mol. The van der Waals surface area contributed by atoms with E-state index in [-0.39, 0.29) is 6.42 Å². The van der Waals surface area contributed by atoms with Crippen LogP contribution >= 0.6 is 0 Å². The van der Waals surface area contributed by atoms with Crippen molar-refractivity contribution in [3.05, 3.63) is 0 Å². The molecule has 4 atom stereocenters. The summed E-state index contributed by atoms with van der Waals surface area (Å²) in [5.41, 5.74) is -1.55. The topological polar surface area (TPSA) is 37.3 Å². The van der Waals surface area contributed by atoms with E-state index in [1.54, 1.807) is 0 Å². The van der Waals surface area contributed by atoms with Crippen LogP contribution in [0.2, 0.25) is 0 Å². The third kappa shape index (κ3) is 6.08. The fourth-order valence-corrected chi connectivity index (χ4v) is 9.10. The molecule has 3 saturated carbocycles. The second kappa shape index (κ2) is 13.2. The molecule has 3 rings (SSSR count). The molecular formula is C31H54F2O2. The van der Waals surface area contributed by atoms with E-state index in [1.807, 2.05) is 6.92 Å². The van der Waals surface area contributed by atoms with Gasteiger partial charge in [-0.25, -0.2) is 4.39 Å². The van der Waals surface area contributed by atoms with Gasteiger partial charge in [-0.1, -0.05) is 65.7 Å². The lowest BCUT2D eigenvalue weighted by atomic mass is 9.48. The van der Waals surface area contributed by atoms with Crippen molar-refractivity contribution in [1.82, 2.24) is 0 Å². The van der Waals surface area contributed by atoms with Gasteiger partial charge < -0.3 is 5.11 Å². The number of carboxylic acids is 1. The molecule has 0 aromatic rings. The largest absolute Gasteiger partial charge is 0.481 e. The smallest absolute Gasteiger partial charge is 0.310 e. The van der Waals surface area contributed by atoms with Crippen molar-refractivity contribution >= 4 is 5.97 Å². The standard InChI is InChI=1S/C31H54F2O2/c1-4-7-8-23-9-11-24(12-10-23)25-13-15-26(16-14-25)30(18-5-2)20-21-31(19-6-3,29(34)35)27(17-22-32)28(30)33/h23-28H,4-22H2,1-3H3,(H,34,35). The lowest BCUT2D eigenvalue weighted by Crippen LogP contribution is -2.57. The number of unbranched alkanes of at least 4 members (excludes halogenated alkanes) is 1. The zero-order valence-corrected chi connectivity index (χ0v) is 23.0. The first-order chi connectivity index (χ1) is 16.9. The van der Waals surface area contributed by atoms with Crippen molar-refractivity contribution in [3.8, 4) is 0 Å². The van der Waals surface area contributed by atoms with E-state index in [2.05, 4.69) is 13.8 Å². The van der Waals surface area contributed by atoms with E-state index in [9.17, 15) is 14.3 Å². The van der Waals surface area contributed by atoms with Gasteiger partial charge in [-0.05, 0) is 94.3 Å². The third-order valence-corrected chi connectivity index (χ3v) is 11.0. The average molecular weight is 497 g/mol. The van der Waals surface area contributed by atoms with E-state index in [0.717, 1.165) is 43.4 Å².